The Hall–Kier alpha value is -0.530. The molecule has 1 saturated carbocycles. The van der Waals surface area contributed by atoms with Gasteiger partial charge in [-0.3, -0.25) is 0 Å². The van der Waals surface area contributed by atoms with Gasteiger partial charge in [-0.2, -0.15) is 0 Å². The van der Waals surface area contributed by atoms with Crippen LogP contribution in [0.2, 0.25) is 0 Å². The zero-order valence-corrected chi connectivity index (χ0v) is 9.60. The van der Waals surface area contributed by atoms with Gasteiger partial charge in [0.15, 0.2) is 0 Å². The molecule has 14 heavy (non-hydrogen) atoms. The molecule has 2 N–H and O–H groups in total. The minimum Gasteiger partial charge on any atom is -0.330 e. The molecule has 2 atom stereocenters. The van der Waals surface area contributed by atoms with E-state index in [1.54, 1.807) is 0 Å². The second-order valence-electron chi connectivity index (χ2n) is 4.13. The molecule has 0 unspecified atom stereocenters. The van der Waals surface area contributed by atoms with E-state index >= 15 is 0 Å². The van der Waals surface area contributed by atoms with Crippen LogP contribution in [0, 0.1) is 19.8 Å². The summed E-state index contributed by atoms with van der Waals surface area (Å²) in [5.41, 5.74) is 10.0. The second kappa shape index (κ2) is 4.33. The minimum atomic E-state index is 0. The van der Waals surface area contributed by atoms with Crippen LogP contribution in [0.25, 0.3) is 0 Å². The SMILES string of the molecule is Cc1cccc([C@H]2C[C@@H]2CN)c1C.Cl. The number of halogens is 1. The van der Waals surface area contributed by atoms with Crippen LogP contribution >= 0.6 is 12.4 Å². The Morgan fingerprint density at radius 2 is 2.07 bits per heavy atom. The number of hydrogen-bond donors (Lipinski definition) is 1. The molecule has 0 radical (unpaired) electrons. The van der Waals surface area contributed by atoms with Crippen LogP contribution < -0.4 is 5.73 Å². The lowest BCUT2D eigenvalue weighted by Gasteiger charge is -2.07. The van der Waals surface area contributed by atoms with Crippen LogP contribution in [0.5, 0.6) is 0 Å². The van der Waals surface area contributed by atoms with E-state index in [9.17, 15) is 0 Å². The summed E-state index contributed by atoms with van der Waals surface area (Å²) in [6, 6.07) is 6.59. The summed E-state index contributed by atoms with van der Waals surface area (Å²) in [7, 11) is 0. The molecule has 0 bridgehead atoms. The first-order valence-corrected chi connectivity index (χ1v) is 5.00. The van der Waals surface area contributed by atoms with Crippen molar-refractivity contribution in [3.05, 3.63) is 34.9 Å². The van der Waals surface area contributed by atoms with E-state index in [2.05, 4.69) is 32.0 Å². The van der Waals surface area contributed by atoms with E-state index < -0.39 is 0 Å². The molecule has 0 amide bonds. The summed E-state index contributed by atoms with van der Waals surface area (Å²) in [5.74, 6) is 1.50. The van der Waals surface area contributed by atoms with Crippen molar-refractivity contribution in [2.45, 2.75) is 26.2 Å². The van der Waals surface area contributed by atoms with Crippen LogP contribution in [0.3, 0.4) is 0 Å². The molecular weight excluding hydrogens is 194 g/mol. The average Bonchev–Trinajstić information content (AvgIpc) is 2.89. The highest BCUT2D eigenvalue weighted by Crippen LogP contribution is 2.47. The molecule has 0 aromatic heterocycles. The Morgan fingerprint density at radius 3 is 2.64 bits per heavy atom. The lowest BCUT2D eigenvalue weighted by molar-refractivity contribution is 0.806. The summed E-state index contributed by atoms with van der Waals surface area (Å²) < 4.78 is 0. The zero-order chi connectivity index (χ0) is 9.42. The summed E-state index contributed by atoms with van der Waals surface area (Å²) in [5, 5.41) is 0. The summed E-state index contributed by atoms with van der Waals surface area (Å²) in [6.07, 6.45) is 1.29. The number of hydrogen-bond acceptors (Lipinski definition) is 1. The maximum absolute atomic E-state index is 5.65. The third-order valence-electron chi connectivity index (χ3n) is 3.27. The Balaban J connectivity index is 0.000000980. The fraction of sp³-hybridized carbons (Fsp3) is 0.500. The van der Waals surface area contributed by atoms with E-state index in [4.69, 9.17) is 5.73 Å². The van der Waals surface area contributed by atoms with Gasteiger partial charge in [-0.25, -0.2) is 0 Å². The Bertz CT molecular complexity index is 322. The van der Waals surface area contributed by atoms with Gasteiger partial charge >= 0.3 is 0 Å². The summed E-state index contributed by atoms with van der Waals surface area (Å²) >= 11 is 0. The lowest BCUT2D eigenvalue weighted by atomic mass is 9.99. The van der Waals surface area contributed by atoms with Gasteiger partial charge in [0, 0.05) is 0 Å². The Kier molecular flexibility index (Phi) is 3.57. The molecular formula is C12H18ClN. The highest BCUT2D eigenvalue weighted by molar-refractivity contribution is 5.85. The van der Waals surface area contributed by atoms with E-state index in [0.717, 1.165) is 18.4 Å². The van der Waals surface area contributed by atoms with Crippen LogP contribution in [0.15, 0.2) is 18.2 Å². The first-order valence-electron chi connectivity index (χ1n) is 5.00. The number of nitrogens with two attached hydrogens (primary N) is 1. The Labute approximate surface area is 92.1 Å². The van der Waals surface area contributed by atoms with Crippen molar-refractivity contribution in [2.24, 2.45) is 11.7 Å². The highest BCUT2D eigenvalue weighted by atomic mass is 35.5. The van der Waals surface area contributed by atoms with Crippen molar-refractivity contribution in [1.29, 1.82) is 0 Å². The molecule has 0 aliphatic heterocycles. The maximum atomic E-state index is 5.65. The van der Waals surface area contributed by atoms with E-state index in [0.29, 0.717) is 0 Å². The fourth-order valence-electron chi connectivity index (χ4n) is 2.06. The monoisotopic (exact) mass is 211 g/mol. The van der Waals surface area contributed by atoms with Gasteiger partial charge in [-0.15, -0.1) is 12.4 Å². The summed E-state index contributed by atoms with van der Waals surface area (Å²) in [4.78, 5) is 0. The third kappa shape index (κ3) is 1.94. The van der Waals surface area contributed by atoms with Crippen molar-refractivity contribution in [2.75, 3.05) is 6.54 Å². The molecule has 2 heteroatoms. The molecule has 1 nitrogen and oxygen atoms in total. The second-order valence-corrected chi connectivity index (χ2v) is 4.13. The van der Waals surface area contributed by atoms with Gasteiger partial charge in [-0.05, 0) is 55.3 Å². The normalized spacial score (nSPS) is 24.2. The van der Waals surface area contributed by atoms with E-state index in [1.807, 2.05) is 0 Å². The van der Waals surface area contributed by atoms with Crippen LogP contribution in [-0.2, 0) is 0 Å². The van der Waals surface area contributed by atoms with Crippen LogP contribution in [0.1, 0.15) is 29.0 Å². The first kappa shape index (κ1) is 11.5. The first-order chi connectivity index (χ1) is 6.24. The van der Waals surface area contributed by atoms with E-state index in [-0.39, 0.29) is 12.4 Å². The van der Waals surface area contributed by atoms with Crippen LogP contribution in [-0.4, -0.2) is 6.54 Å². The minimum absolute atomic E-state index is 0. The highest BCUT2D eigenvalue weighted by Gasteiger charge is 2.37. The smallest absolute Gasteiger partial charge is 0.00428 e. The largest absolute Gasteiger partial charge is 0.330 e. The molecule has 2 rings (SSSR count). The predicted octanol–water partition coefficient (Wildman–Crippen LogP) is 2.79. The maximum Gasteiger partial charge on any atom is -0.00428 e. The third-order valence-corrected chi connectivity index (χ3v) is 3.27. The standard InChI is InChI=1S/C12H17N.ClH/c1-8-4-3-5-11(9(8)2)12-6-10(12)7-13;/h3-5,10,12H,6-7,13H2,1-2H3;1H/t10-,12+;/m1./s1. The average molecular weight is 212 g/mol. The lowest BCUT2D eigenvalue weighted by Crippen LogP contribution is -2.02. The predicted molar refractivity (Wildman–Crippen MR) is 63.1 cm³/mol. The van der Waals surface area contributed by atoms with Gasteiger partial charge < -0.3 is 5.73 Å². The summed E-state index contributed by atoms with van der Waals surface area (Å²) in [6.45, 7) is 5.24. The number of rotatable bonds is 2. The van der Waals surface area contributed by atoms with Gasteiger partial charge in [-0.1, -0.05) is 18.2 Å². The van der Waals surface area contributed by atoms with Gasteiger partial charge in [0.2, 0.25) is 0 Å². The quantitative estimate of drug-likeness (QED) is 0.800. The van der Waals surface area contributed by atoms with Gasteiger partial charge in [0.05, 0.1) is 0 Å². The molecule has 0 saturated heterocycles. The molecule has 1 fully saturated rings. The van der Waals surface area contributed by atoms with Crippen molar-refractivity contribution in [3.8, 4) is 0 Å². The molecule has 0 spiro atoms. The van der Waals surface area contributed by atoms with Gasteiger partial charge in [0.25, 0.3) is 0 Å². The number of aryl methyl sites for hydroxylation is 1. The molecule has 1 aromatic rings. The molecule has 1 aliphatic carbocycles. The van der Waals surface area contributed by atoms with Crippen molar-refractivity contribution in [1.82, 2.24) is 0 Å². The topological polar surface area (TPSA) is 26.0 Å². The van der Waals surface area contributed by atoms with Crippen LogP contribution in [0.4, 0.5) is 0 Å². The van der Waals surface area contributed by atoms with Crippen molar-refractivity contribution >= 4 is 12.4 Å². The van der Waals surface area contributed by atoms with Crippen molar-refractivity contribution in [3.63, 3.8) is 0 Å². The molecule has 0 heterocycles. The van der Waals surface area contributed by atoms with E-state index in [1.165, 1.54) is 23.1 Å². The molecule has 1 aromatic carbocycles. The van der Waals surface area contributed by atoms with Gasteiger partial charge in [0.1, 0.15) is 0 Å². The molecule has 1 aliphatic rings. The Morgan fingerprint density at radius 1 is 1.36 bits per heavy atom. The zero-order valence-electron chi connectivity index (χ0n) is 8.79. The number of benzene rings is 1. The van der Waals surface area contributed by atoms with Crippen molar-refractivity contribution < 1.29 is 0 Å². The molecule has 78 valence electrons. The fourth-order valence-corrected chi connectivity index (χ4v) is 2.06.